The minimum atomic E-state index is -1.16. The van der Waals surface area contributed by atoms with Crippen molar-refractivity contribution in [1.82, 2.24) is 15.3 Å². The van der Waals surface area contributed by atoms with Crippen molar-refractivity contribution in [3.63, 3.8) is 0 Å². The van der Waals surface area contributed by atoms with Gasteiger partial charge in [-0.1, -0.05) is 49.9 Å². The number of allylic oxidation sites excluding steroid dienone is 4. The van der Waals surface area contributed by atoms with Crippen LogP contribution in [0.5, 0.6) is 0 Å². The second-order valence-corrected chi connectivity index (χ2v) is 7.49. The van der Waals surface area contributed by atoms with E-state index in [0.29, 0.717) is 12.1 Å². The summed E-state index contributed by atoms with van der Waals surface area (Å²) in [6.45, 7) is 9.53. The van der Waals surface area contributed by atoms with Crippen LogP contribution in [0.2, 0.25) is 0 Å². The zero-order chi connectivity index (χ0) is 25.1. The molecule has 2 aromatic rings. The fourth-order valence-corrected chi connectivity index (χ4v) is 3.20. The summed E-state index contributed by atoms with van der Waals surface area (Å²) in [6.07, 6.45) is 4.51. The van der Waals surface area contributed by atoms with Crippen LogP contribution in [0.15, 0.2) is 77.6 Å². The molecule has 1 heterocycles. The first kappa shape index (κ1) is 26.8. The molecule has 0 atom stereocenters. The molecule has 0 aliphatic rings. The van der Waals surface area contributed by atoms with E-state index in [1.165, 1.54) is 6.08 Å². The number of nitrogen functional groups attached to an aromatic ring is 1. The Hall–Kier alpha value is -3.40. The summed E-state index contributed by atoms with van der Waals surface area (Å²) in [6, 6.07) is 9.60. The van der Waals surface area contributed by atoms with Gasteiger partial charge in [-0.3, -0.25) is 4.90 Å². The van der Waals surface area contributed by atoms with Crippen LogP contribution < -0.4 is 17.0 Å². The fourth-order valence-electron chi connectivity index (χ4n) is 3.20. The van der Waals surface area contributed by atoms with Gasteiger partial charge in [0, 0.05) is 31.3 Å². The number of amidine groups is 1. The van der Waals surface area contributed by atoms with Gasteiger partial charge in [0.25, 0.3) is 0 Å². The van der Waals surface area contributed by atoms with E-state index < -0.39 is 17.4 Å². The molecule has 34 heavy (non-hydrogen) atoms. The Morgan fingerprint density at radius 2 is 1.97 bits per heavy atom. The first-order valence-electron chi connectivity index (χ1n) is 10.9. The van der Waals surface area contributed by atoms with E-state index in [1.54, 1.807) is 25.3 Å². The summed E-state index contributed by atoms with van der Waals surface area (Å²) in [5.41, 5.74) is 11.0. The van der Waals surface area contributed by atoms with Crippen LogP contribution in [0.25, 0.3) is 11.1 Å². The number of likely N-dealkylation sites (N-methyl/N-ethyl adjacent to an activating group) is 1. The number of benzene rings is 1. The Kier molecular flexibility index (Phi) is 10.5. The summed E-state index contributed by atoms with van der Waals surface area (Å²) in [5.74, 6) is 3.58. The number of pyridine rings is 1. The van der Waals surface area contributed by atoms with Crippen molar-refractivity contribution in [2.75, 3.05) is 25.4 Å². The summed E-state index contributed by atoms with van der Waals surface area (Å²) in [5, 5.41) is 9.17. The Morgan fingerprint density at radius 3 is 2.56 bits per heavy atom. The molecule has 0 radical (unpaired) electrons. The number of hydrogen-bond donors (Lipinski definition) is 4. The van der Waals surface area contributed by atoms with Crippen LogP contribution in [0.1, 0.15) is 31.4 Å². The number of hydrogen-bond acceptors (Lipinski definition) is 6. The van der Waals surface area contributed by atoms with Gasteiger partial charge in [0.1, 0.15) is 11.6 Å². The third-order valence-corrected chi connectivity index (χ3v) is 5.14. The van der Waals surface area contributed by atoms with Crippen LogP contribution in [-0.4, -0.2) is 40.5 Å². The van der Waals surface area contributed by atoms with Gasteiger partial charge in [-0.25, -0.2) is 24.6 Å². The first-order chi connectivity index (χ1) is 16.3. The number of aliphatic hydroxyl groups is 1. The third-order valence-electron chi connectivity index (χ3n) is 5.14. The highest BCUT2D eigenvalue weighted by molar-refractivity contribution is 6.03. The van der Waals surface area contributed by atoms with Crippen molar-refractivity contribution in [3.05, 3.63) is 83.7 Å². The maximum Gasteiger partial charge on any atom is 0.179 e. The van der Waals surface area contributed by atoms with E-state index in [0.717, 1.165) is 29.8 Å². The Bertz CT molecular complexity index is 1060. The average Bonchev–Trinajstić information content (AvgIpc) is 2.85. The normalized spacial score (nSPS) is 12.9. The molecule has 1 aromatic heterocycles. The lowest BCUT2D eigenvalue weighted by molar-refractivity contribution is 0.197. The third kappa shape index (κ3) is 7.31. The number of aromatic nitrogens is 1. The number of nitrogens with zero attached hydrogens (tertiary/aromatic N) is 3. The highest BCUT2D eigenvalue weighted by Gasteiger charge is 2.14. The zero-order valence-electron chi connectivity index (χ0n) is 19.6. The standard InChI is InChI=1S/C25H32F2N6O/c1-4-6-7-22(26)23(27)17(3)31-25(32-29)21-14-20(15-30-24(21)28)19-10-8-18(9-11-19)16-33(5-2)12-13-34/h4,6,8-11,14-15,34H,3,5,7,12-13,16,29H2,1-2H3,(H2,28,30)(H,31,32)/b6-4-,23-22-. The van der Waals surface area contributed by atoms with Crippen LogP contribution in [0.4, 0.5) is 14.6 Å². The van der Waals surface area contributed by atoms with Crippen LogP contribution in [0.3, 0.4) is 0 Å². The molecule has 6 N–H and O–H groups in total. The van der Waals surface area contributed by atoms with Gasteiger partial charge in [-0.2, -0.15) is 0 Å². The zero-order valence-corrected chi connectivity index (χ0v) is 19.6. The van der Waals surface area contributed by atoms with E-state index in [-0.39, 0.29) is 24.7 Å². The summed E-state index contributed by atoms with van der Waals surface area (Å²) in [4.78, 5) is 10.3. The minimum absolute atomic E-state index is 0.00467. The van der Waals surface area contributed by atoms with Gasteiger partial charge in [-0.15, -0.1) is 0 Å². The number of aliphatic imine (C=N–C) groups is 1. The van der Waals surface area contributed by atoms with Crippen molar-refractivity contribution >= 4 is 11.7 Å². The van der Waals surface area contributed by atoms with Gasteiger partial charge in [0.15, 0.2) is 11.7 Å². The SMILES string of the molecule is C=C(N=C(NN)c1cc(-c2ccc(CN(CC)CCO)cc2)cnc1N)/C(F)=C(/F)C/C=C\C. The number of hydrazine groups is 1. The number of aliphatic hydroxyl groups excluding tert-OH is 1. The van der Waals surface area contributed by atoms with Crippen molar-refractivity contribution in [1.29, 1.82) is 0 Å². The number of nitrogens with one attached hydrogen (secondary N) is 1. The summed E-state index contributed by atoms with van der Waals surface area (Å²) in [7, 11) is 0. The topological polar surface area (TPSA) is 113 Å². The largest absolute Gasteiger partial charge is 0.395 e. The number of halogens is 2. The van der Waals surface area contributed by atoms with Gasteiger partial charge < -0.3 is 16.3 Å². The van der Waals surface area contributed by atoms with Crippen molar-refractivity contribution < 1.29 is 13.9 Å². The first-order valence-corrected chi connectivity index (χ1v) is 10.9. The summed E-state index contributed by atoms with van der Waals surface area (Å²) < 4.78 is 28.3. The highest BCUT2D eigenvalue weighted by Crippen LogP contribution is 2.25. The Balaban J connectivity index is 2.32. The van der Waals surface area contributed by atoms with Crippen LogP contribution in [0, 0.1) is 0 Å². The molecule has 182 valence electrons. The molecule has 0 fully saturated rings. The molecule has 0 unspecified atom stereocenters. The molecular weight excluding hydrogens is 438 g/mol. The molecule has 9 heteroatoms. The number of rotatable bonds is 11. The fraction of sp³-hybridized carbons (Fsp3) is 0.280. The Labute approximate surface area is 199 Å². The Morgan fingerprint density at radius 1 is 1.26 bits per heavy atom. The van der Waals surface area contributed by atoms with Gasteiger partial charge >= 0.3 is 0 Å². The van der Waals surface area contributed by atoms with Crippen molar-refractivity contribution in [3.8, 4) is 11.1 Å². The molecule has 7 nitrogen and oxygen atoms in total. The lowest BCUT2D eigenvalue weighted by atomic mass is 10.0. The predicted octanol–water partition coefficient (Wildman–Crippen LogP) is 3.99. The predicted molar refractivity (Wildman–Crippen MR) is 134 cm³/mol. The second-order valence-electron chi connectivity index (χ2n) is 7.49. The minimum Gasteiger partial charge on any atom is -0.395 e. The molecule has 1 aromatic carbocycles. The molecule has 0 amide bonds. The number of nitrogens with two attached hydrogens (primary N) is 2. The van der Waals surface area contributed by atoms with Crippen molar-refractivity contribution in [2.24, 2.45) is 10.8 Å². The average molecular weight is 471 g/mol. The smallest absolute Gasteiger partial charge is 0.179 e. The molecule has 0 aliphatic heterocycles. The molecular formula is C25H32F2N6O. The molecule has 0 bridgehead atoms. The lowest BCUT2D eigenvalue weighted by Gasteiger charge is -2.19. The maximum absolute atomic E-state index is 14.3. The second kappa shape index (κ2) is 13.3. The quantitative estimate of drug-likeness (QED) is 0.0987. The van der Waals surface area contributed by atoms with E-state index in [1.807, 2.05) is 31.2 Å². The van der Waals surface area contributed by atoms with Gasteiger partial charge in [0.2, 0.25) is 0 Å². The number of anilines is 1. The molecule has 0 saturated heterocycles. The molecule has 2 rings (SSSR count). The molecule has 0 spiro atoms. The molecule has 0 saturated carbocycles. The van der Waals surface area contributed by atoms with E-state index >= 15 is 0 Å². The van der Waals surface area contributed by atoms with E-state index in [9.17, 15) is 8.78 Å². The highest BCUT2D eigenvalue weighted by atomic mass is 19.2. The van der Waals surface area contributed by atoms with E-state index in [2.05, 4.69) is 26.9 Å². The van der Waals surface area contributed by atoms with Crippen LogP contribution >= 0.6 is 0 Å². The maximum atomic E-state index is 14.3. The molecule has 0 aliphatic carbocycles. The lowest BCUT2D eigenvalue weighted by Crippen LogP contribution is -2.32. The van der Waals surface area contributed by atoms with Gasteiger partial charge in [0.05, 0.1) is 17.9 Å². The van der Waals surface area contributed by atoms with Gasteiger partial charge in [-0.05, 0) is 30.7 Å². The van der Waals surface area contributed by atoms with E-state index in [4.69, 9.17) is 16.7 Å². The monoisotopic (exact) mass is 470 g/mol. The van der Waals surface area contributed by atoms with Crippen LogP contribution in [-0.2, 0) is 6.54 Å². The summed E-state index contributed by atoms with van der Waals surface area (Å²) >= 11 is 0. The van der Waals surface area contributed by atoms with Crippen molar-refractivity contribution in [2.45, 2.75) is 26.8 Å².